The molecule has 21 heavy (non-hydrogen) atoms. The van der Waals surface area contributed by atoms with Gasteiger partial charge in [0, 0.05) is 12.1 Å². The molecule has 1 aliphatic carbocycles. The smallest absolute Gasteiger partial charge is 0.274 e. The van der Waals surface area contributed by atoms with E-state index in [2.05, 4.69) is 4.72 Å². The van der Waals surface area contributed by atoms with Gasteiger partial charge in [0.25, 0.3) is 5.69 Å². The number of rotatable bonds is 6. The largest absolute Gasteiger partial charge is 0.323 e. The van der Waals surface area contributed by atoms with Gasteiger partial charge in [0.2, 0.25) is 10.0 Å². The molecule has 1 aliphatic rings. The van der Waals surface area contributed by atoms with Crippen molar-refractivity contribution >= 4 is 21.4 Å². The van der Waals surface area contributed by atoms with Crippen LogP contribution >= 0.6 is 0 Å². The molecule has 1 fully saturated rings. The standard InChI is InChI=1S/C11H15FN4O4S/c1-2-6-3-9(6)15-21(19,20)11-8(12)4-7(16(17)18)5-10(11)14-13/h4-6,9,14-15H,2-3,13H2,1H3. The van der Waals surface area contributed by atoms with E-state index < -0.39 is 31.3 Å². The van der Waals surface area contributed by atoms with Gasteiger partial charge in [0.05, 0.1) is 16.7 Å². The van der Waals surface area contributed by atoms with Crippen LogP contribution < -0.4 is 16.0 Å². The lowest BCUT2D eigenvalue weighted by molar-refractivity contribution is -0.385. The van der Waals surface area contributed by atoms with Crippen LogP contribution in [0.3, 0.4) is 0 Å². The Kier molecular flexibility index (Phi) is 4.12. The summed E-state index contributed by atoms with van der Waals surface area (Å²) < 4.78 is 40.8. The number of benzene rings is 1. The lowest BCUT2D eigenvalue weighted by atomic mass is 10.3. The van der Waals surface area contributed by atoms with Crippen LogP contribution in [0.2, 0.25) is 0 Å². The molecule has 1 aromatic carbocycles. The fourth-order valence-corrected chi connectivity index (χ4v) is 3.69. The maximum Gasteiger partial charge on any atom is 0.274 e. The van der Waals surface area contributed by atoms with E-state index in [1.807, 2.05) is 12.3 Å². The van der Waals surface area contributed by atoms with Crippen molar-refractivity contribution in [2.45, 2.75) is 30.7 Å². The molecule has 0 heterocycles. The molecular formula is C11H15FN4O4S. The zero-order chi connectivity index (χ0) is 15.8. The molecule has 4 N–H and O–H groups in total. The fourth-order valence-electron chi connectivity index (χ4n) is 2.17. The summed E-state index contributed by atoms with van der Waals surface area (Å²) in [6.45, 7) is 1.93. The molecule has 0 amide bonds. The van der Waals surface area contributed by atoms with Crippen LogP contribution in [0.4, 0.5) is 15.8 Å². The minimum Gasteiger partial charge on any atom is -0.323 e. The van der Waals surface area contributed by atoms with E-state index in [9.17, 15) is 22.9 Å². The van der Waals surface area contributed by atoms with Crippen LogP contribution in [0, 0.1) is 21.8 Å². The Bertz CT molecular complexity index is 679. The number of halogens is 1. The van der Waals surface area contributed by atoms with E-state index in [1.165, 1.54) is 0 Å². The van der Waals surface area contributed by atoms with Crippen molar-refractivity contribution in [3.63, 3.8) is 0 Å². The van der Waals surface area contributed by atoms with Gasteiger partial charge in [-0.1, -0.05) is 13.3 Å². The first-order chi connectivity index (χ1) is 9.80. The number of hydrazine groups is 1. The van der Waals surface area contributed by atoms with Gasteiger partial charge in [-0.05, 0) is 12.3 Å². The average molecular weight is 318 g/mol. The third kappa shape index (κ3) is 3.12. The molecule has 1 aromatic rings. The van der Waals surface area contributed by atoms with E-state index in [4.69, 9.17) is 5.84 Å². The normalized spacial score (nSPS) is 21.1. The minimum atomic E-state index is -4.15. The highest BCUT2D eigenvalue weighted by Gasteiger charge is 2.40. The van der Waals surface area contributed by atoms with Crippen LogP contribution in [-0.2, 0) is 10.0 Å². The summed E-state index contributed by atoms with van der Waals surface area (Å²) in [5.74, 6) is 4.16. The van der Waals surface area contributed by atoms with Gasteiger partial charge in [-0.15, -0.1) is 0 Å². The zero-order valence-corrected chi connectivity index (χ0v) is 12.0. The lowest BCUT2D eigenvalue weighted by Crippen LogP contribution is -2.29. The van der Waals surface area contributed by atoms with Crippen molar-refractivity contribution in [3.05, 3.63) is 28.1 Å². The van der Waals surface area contributed by atoms with Crippen molar-refractivity contribution in [3.8, 4) is 0 Å². The summed E-state index contributed by atoms with van der Waals surface area (Å²) in [5, 5.41) is 10.7. The highest BCUT2D eigenvalue weighted by molar-refractivity contribution is 7.89. The molecule has 0 saturated heterocycles. The summed E-state index contributed by atoms with van der Waals surface area (Å²) in [4.78, 5) is 9.11. The molecule has 2 unspecified atom stereocenters. The SMILES string of the molecule is CCC1CC1NS(=O)(=O)c1c(F)cc([N+](=O)[O-])cc1NN. The maximum absolute atomic E-state index is 14.0. The Morgan fingerprint density at radius 3 is 2.67 bits per heavy atom. The highest BCUT2D eigenvalue weighted by atomic mass is 32.2. The summed E-state index contributed by atoms with van der Waals surface area (Å²) in [6.07, 6.45) is 1.51. The van der Waals surface area contributed by atoms with Gasteiger partial charge in [0.15, 0.2) is 5.82 Å². The number of nitrogens with zero attached hydrogens (tertiary/aromatic N) is 1. The van der Waals surface area contributed by atoms with Crippen molar-refractivity contribution in [2.24, 2.45) is 11.8 Å². The Balaban J connectivity index is 2.40. The quantitative estimate of drug-likeness (QED) is 0.409. The van der Waals surface area contributed by atoms with Crippen LogP contribution in [0.1, 0.15) is 19.8 Å². The molecule has 1 saturated carbocycles. The minimum absolute atomic E-state index is 0.232. The average Bonchev–Trinajstić information content (AvgIpc) is 3.14. The Hall–Kier alpha value is -1.78. The number of non-ortho nitro benzene ring substituents is 1. The number of anilines is 1. The molecule has 8 nitrogen and oxygen atoms in total. The third-order valence-corrected chi connectivity index (χ3v) is 4.98. The van der Waals surface area contributed by atoms with Gasteiger partial charge in [-0.3, -0.25) is 16.0 Å². The van der Waals surface area contributed by atoms with Gasteiger partial charge < -0.3 is 5.43 Å². The first-order valence-corrected chi connectivity index (χ1v) is 7.75. The van der Waals surface area contributed by atoms with Crippen LogP contribution in [-0.4, -0.2) is 19.4 Å². The molecule has 10 heteroatoms. The fraction of sp³-hybridized carbons (Fsp3) is 0.455. The van der Waals surface area contributed by atoms with Crippen molar-refractivity contribution in [2.75, 3.05) is 5.43 Å². The zero-order valence-electron chi connectivity index (χ0n) is 11.2. The molecule has 0 bridgehead atoms. The number of nitro groups is 1. The lowest BCUT2D eigenvalue weighted by Gasteiger charge is -2.12. The predicted molar refractivity (Wildman–Crippen MR) is 73.4 cm³/mol. The number of hydrogen-bond donors (Lipinski definition) is 3. The second-order valence-corrected chi connectivity index (χ2v) is 6.49. The molecular weight excluding hydrogens is 303 g/mol. The molecule has 2 rings (SSSR count). The monoisotopic (exact) mass is 318 g/mol. The number of nitrogen functional groups attached to an aromatic ring is 1. The predicted octanol–water partition coefficient (Wildman–Crippen LogP) is 1.10. The summed E-state index contributed by atoms with van der Waals surface area (Å²) in [7, 11) is -4.15. The third-order valence-electron chi connectivity index (χ3n) is 3.42. The van der Waals surface area contributed by atoms with Gasteiger partial charge in [-0.2, -0.15) is 0 Å². The summed E-state index contributed by atoms with van der Waals surface area (Å²) in [5.41, 5.74) is 1.05. The highest BCUT2D eigenvalue weighted by Crippen LogP contribution is 2.36. The molecule has 116 valence electrons. The van der Waals surface area contributed by atoms with Gasteiger partial charge in [0.1, 0.15) is 4.90 Å². The molecule has 0 spiro atoms. The Labute approximate surface area is 120 Å². The number of nitrogens with two attached hydrogens (primary N) is 1. The molecule has 0 aromatic heterocycles. The topological polar surface area (TPSA) is 127 Å². The van der Waals surface area contributed by atoms with Crippen molar-refractivity contribution in [1.29, 1.82) is 0 Å². The number of sulfonamides is 1. The second-order valence-electron chi connectivity index (χ2n) is 4.84. The van der Waals surface area contributed by atoms with Crippen molar-refractivity contribution in [1.82, 2.24) is 4.72 Å². The first kappa shape index (κ1) is 15.6. The van der Waals surface area contributed by atoms with E-state index >= 15 is 0 Å². The van der Waals surface area contributed by atoms with Gasteiger partial charge in [-0.25, -0.2) is 17.5 Å². The van der Waals surface area contributed by atoms with E-state index in [0.29, 0.717) is 12.5 Å². The van der Waals surface area contributed by atoms with Crippen LogP contribution in [0.25, 0.3) is 0 Å². The maximum atomic E-state index is 14.0. The van der Waals surface area contributed by atoms with E-state index in [1.54, 1.807) is 0 Å². The number of hydrogen-bond acceptors (Lipinski definition) is 6. The van der Waals surface area contributed by atoms with E-state index in [-0.39, 0.29) is 17.6 Å². The molecule has 2 atom stereocenters. The van der Waals surface area contributed by atoms with Crippen LogP contribution in [0.5, 0.6) is 0 Å². The Morgan fingerprint density at radius 2 is 2.19 bits per heavy atom. The van der Waals surface area contributed by atoms with Crippen LogP contribution in [0.15, 0.2) is 17.0 Å². The second kappa shape index (κ2) is 5.54. The van der Waals surface area contributed by atoms with Crippen molar-refractivity contribution < 1.29 is 17.7 Å². The molecule has 0 radical (unpaired) electrons. The number of nitrogens with one attached hydrogen (secondary N) is 2. The summed E-state index contributed by atoms with van der Waals surface area (Å²) in [6, 6.07) is 1.20. The summed E-state index contributed by atoms with van der Waals surface area (Å²) >= 11 is 0. The number of nitro benzene ring substituents is 1. The Morgan fingerprint density at radius 1 is 1.52 bits per heavy atom. The van der Waals surface area contributed by atoms with E-state index in [0.717, 1.165) is 12.5 Å². The first-order valence-electron chi connectivity index (χ1n) is 6.27. The van der Waals surface area contributed by atoms with Gasteiger partial charge >= 0.3 is 0 Å². The molecule has 0 aliphatic heterocycles.